The highest BCUT2D eigenvalue weighted by atomic mass is 35.5. The number of hydrogen-bond acceptors (Lipinski definition) is 5. The van der Waals surface area contributed by atoms with E-state index in [1.807, 2.05) is 16.7 Å². The van der Waals surface area contributed by atoms with Gasteiger partial charge in [-0.3, -0.25) is 4.72 Å². The van der Waals surface area contributed by atoms with Crippen molar-refractivity contribution in [1.29, 1.82) is 0 Å². The molecule has 1 saturated heterocycles. The summed E-state index contributed by atoms with van der Waals surface area (Å²) in [4.78, 5) is 13.7. The molecule has 1 aliphatic rings. The second-order valence-electron chi connectivity index (χ2n) is 5.70. The highest BCUT2D eigenvalue weighted by Crippen LogP contribution is 2.28. The van der Waals surface area contributed by atoms with E-state index in [-0.39, 0.29) is 16.1 Å². The summed E-state index contributed by atoms with van der Waals surface area (Å²) in [5, 5.41) is 9.85. The van der Waals surface area contributed by atoms with Crippen molar-refractivity contribution in [2.75, 3.05) is 34.2 Å². The van der Waals surface area contributed by atoms with Gasteiger partial charge in [0.15, 0.2) is 0 Å². The number of carbonyl (C=O) groups is 1. The number of thioether (sulfide) groups is 1. The lowest BCUT2D eigenvalue weighted by Gasteiger charge is -2.29. The summed E-state index contributed by atoms with van der Waals surface area (Å²) in [5.41, 5.74) is 0.865. The van der Waals surface area contributed by atoms with E-state index in [1.54, 1.807) is 18.2 Å². The number of benzene rings is 2. The van der Waals surface area contributed by atoms with Crippen molar-refractivity contribution in [1.82, 2.24) is 0 Å². The molecule has 0 radical (unpaired) electrons. The first kappa shape index (κ1) is 18.9. The SMILES string of the molecule is O=C(O)c1cc(NS(=O)(=O)c2cccc(Cl)c2)ccc1N1CCSCC1. The van der Waals surface area contributed by atoms with E-state index in [1.165, 1.54) is 24.3 Å². The van der Waals surface area contributed by atoms with Crippen molar-refractivity contribution in [3.05, 3.63) is 53.1 Å². The first-order valence-corrected chi connectivity index (χ1v) is 10.9. The quantitative estimate of drug-likeness (QED) is 0.782. The van der Waals surface area contributed by atoms with Crippen LogP contribution in [0.5, 0.6) is 0 Å². The van der Waals surface area contributed by atoms with Crippen LogP contribution in [-0.2, 0) is 10.0 Å². The number of nitrogens with one attached hydrogen (secondary N) is 1. The normalized spacial score (nSPS) is 14.9. The Morgan fingerprint density at radius 2 is 1.88 bits per heavy atom. The first-order chi connectivity index (χ1) is 12.4. The fourth-order valence-electron chi connectivity index (χ4n) is 2.70. The van der Waals surface area contributed by atoms with E-state index in [4.69, 9.17) is 11.6 Å². The van der Waals surface area contributed by atoms with Crippen LogP contribution in [0.4, 0.5) is 11.4 Å². The summed E-state index contributed by atoms with van der Waals surface area (Å²) in [6.07, 6.45) is 0. The molecule has 26 heavy (non-hydrogen) atoms. The minimum atomic E-state index is -3.86. The zero-order chi connectivity index (χ0) is 18.7. The summed E-state index contributed by atoms with van der Waals surface area (Å²) >= 11 is 7.68. The van der Waals surface area contributed by atoms with E-state index < -0.39 is 16.0 Å². The largest absolute Gasteiger partial charge is 0.478 e. The zero-order valence-corrected chi connectivity index (χ0v) is 16.1. The lowest BCUT2D eigenvalue weighted by molar-refractivity contribution is 0.0697. The predicted octanol–water partition coefficient (Wildman–Crippen LogP) is 3.39. The molecule has 0 spiro atoms. The minimum Gasteiger partial charge on any atom is -0.478 e. The molecule has 0 aromatic heterocycles. The number of nitrogens with zero attached hydrogens (tertiary/aromatic N) is 1. The monoisotopic (exact) mass is 412 g/mol. The van der Waals surface area contributed by atoms with Gasteiger partial charge in [0.2, 0.25) is 0 Å². The van der Waals surface area contributed by atoms with Crippen LogP contribution in [0.1, 0.15) is 10.4 Å². The molecule has 0 amide bonds. The number of sulfonamides is 1. The number of aromatic carboxylic acids is 1. The first-order valence-electron chi connectivity index (χ1n) is 7.85. The zero-order valence-electron chi connectivity index (χ0n) is 13.7. The molecule has 1 heterocycles. The van der Waals surface area contributed by atoms with Gasteiger partial charge in [0.05, 0.1) is 16.1 Å². The van der Waals surface area contributed by atoms with Crippen LogP contribution >= 0.6 is 23.4 Å². The minimum absolute atomic E-state index is 0.0130. The Kier molecular flexibility index (Phi) is 5.64. The smallest absolute Gasteiger partial charge is 0.337 e. The molecule has 1 aliphatic heterocycles. The Morgan fingerprint density at radius 1 is 1.15 bits per heavy atom. The average molecular weight is 413 g/mol. The van der Waals surface area contributed by atoms with Gasteiger partial charge in [-0.2, -0.15) is 11.8 Å². The van der Waals surface area contributed by atoms with Crippen molar-refractivity contribution in [2.45, 2.75) is 4.90 Å². The summed E-state index contributed by atoms with van der Waals surface area (Å²) in [6, 6.07) is 10.4. The Balaban J connectivity index is 1.91. The number of carboxylic acids is 1. The molecule has 2 N–H and O–H groups in total. The van der Waals surface area contributed by atoms with Gasteiger partial charge in [-0.1, -0.05) is 17.7 Å². The van der Waals surface area contributed by atoms with Crippen LogP contribution in [0.3, 0.4) is 0 Å². The molecule has 3 rings (SSSR count). The summed E-state index contributed by atoms with van der Waals surface area (Å²) in [6.45, 7) is 1.52. The molecule has 0 aliphatic carbocycles. The lowest BCUT2D eigenvalue weighted by atomic mass is 10.1. The molecule has 0 atom stereocenters. The van der Waals surface area contributed by atoms with Gasteiger partial charge in [-0.25, -0.2) is 13.2 Å². The van der Waals surface area contributed by atoms with E-state index in [9.17, 15) is 18.3 Å². The van der Waals surface area contributed by atoms with Crippen molar-refractivity contribution in [2.24, 2.45) is 0 Å². The van der Waals surface area contributed by atoms with Crippen molar-refractivity contribution < 1.29 is 18.3 Å². The van der Waals surface area contributed by atoms with E-state index in [0.29, 0.717) is 10.7 Å². The molecule has 6 nitrogen and oxygen atoms in total. The summed E-state index contributed by atoms with van der Waals surface area (Å²) < 4.78 is 27.4. The van der Waals surface area contributed by atoms with Gasteiger partial charge in [0.25, 0.3) is 10.0 Å². The molecule has 2 aromatic carbocycles. The molecule has 0 unspecified atom stereocenters. The fraction of sp³-hybridized carbons (Fsp3) is 0.235. The topological polar surface area (TPSA) is 86.7 Å². The Labute approximate surface area is 161 Å². The molecule has 1 fully saturated rings. The predicted molar refractivity (Wildman–Crippen MR) is 105 cm³/mol. The number of carboxylic acid groups (broad SMARTS) is 1. The van der Waals surface area contributed by atoms with Gasteiger partial charge < -0.3 is 10.0 Å². The van der Waals surface area contributed by atoms with Crippen LogP contribution in [-0.4, -0.2) is 44.1 Å². The molecule has 0 saturated carbocycles. The van der Waals surface area contributed by atoms with Crippen molar-refractivity contribution in [3.63, 3.8) is 0 Å². The maximum atomic E-state index is 12.5. The van der Waals surface area contributed by atoms with Gasteiger partial charge in [-0.15, -0.1) is 0 Å². The third-order valence-corrected chi connectivity index (χ3v) is 6.49. The maximum Gasteiger partial charge on any atom is 0.337 e. The Hall–Kier alpha value is -1.90. The van der Waals surface area contributed by atoms with Crippen LogP contribution < -0.4 is 9.62 Å². The molecular weight excluding hydrogens is 396 g/mol. The third-order valence-electron chi connectivity index (χ3n) is 3.94. The highest BCUT2D eigenvalue weighted by molar-refractivity contribution is 7.99. The second-order valence-corrected chi connectivity index (χ2v) is 9.04. The van der Waals surface area contributed by atoms with Crippen LogP contribution in [0.2, 0.25) is 5.02 Å². The van der Waals surface area contributed by atoms with Gasteiger partial charge >= 0.3 is 5.97 Å². The fourth-order valence-corrected chi connectivity index (χ4v) is 4.95. The van der Waals surface area contributed by atoms with E-state index >= 15 is 0 Å². The number of halogens is 1. The van der Waals surface area contributed by atoms with Crippen LogP contribution in [0.15, 0.2) is 47.4 Å². The highest BCUT2D eigenvalue weighted by Gasteiger charge is 2.21. The maximum absolute atomic E-state index is 12.5. The molecular formula is C17H17ClN2O4S2. The van der Waals surface area contributed by atoms with Crippen molar-refractivity contribution in [3.8, 4) is 0 Å². The van der Waals surface area contributed by atoms with Gasteiger partial charge in [0, 0.05) is 35.3 Å². The number of anilines is 2. The third kappa shape index (κ3) is 4.25. The number of hydrogen-bond donors (Lipinski definition) is 2. The van der Waals surface area contributed by atoms with E-state index in [0.717, 1.165) is 24.6 Å². The summed E-state index contributed by atoms with van der Waals surface area (Å²) in [5.74, 6) is 0.770. The van der Waals surface area contributed by atoms with E-state index in [2.05, 4.69) is 4.72 Å². The van der Waals surface area contributed by atoms with Gasteiger partial charge in [0.1, 0.15) is 0 Å². The number of rotatable bonds is 5. The summed E-state index contributed by atoms with van der Waals surface area (Å²) in [7, 11) is -3.86. The van der Waals surface area contributed by atoms with Crippen molar-refractivity contribution >= 4 is 50.7 Å². The second kappa shape index (κ2) is 7.77. The molecule has 0 bridgehead atoms. The lowest BCUT2D eigenvalue weighted by Crippen LogP contribution is -2.33. The molecule has 2 aromatic rings. The Bertz CT molecular complexity index is 928. The Morgan fingerprint density at radius 3 is 2.54 bits per heavy atom. The average Bonchev–Trinajstić information content (AvgIpc) is 2.62. The van der Waals surface area contributed by atoms with Gasteiger partial charge in [-0.05, 0) is 36.4 Å². The van der Waals surface area contributed by atoms with Crippen LogP contribution in [0, 0.1) is 0 Å². The van der Waals surface area contributed by atoms with Crippen LogP contribution in [0.25, 0.3) is 0 Å². The molecule has 9 heteroatoms. The standard InChI is InChI=1S/C17H17ClN2O4S2/c18-12-2-1-3-14(10-12)26(23,24)19-13-4-5-16(15(11-13)17(21)22)20-6-8-25-9-7-20/h1-5,10-11,19H,6-9H2,(H,21,22). The molecule has 138 valence electrons.